The van der Waals surface area contributed by atoms with Crippen molar-refractivity contribution in [1.82, 2.24) is 0 Å². The smallest absolute Gasteiger partial charge is 0.140 e. The molecule has 0 atom stereocenters. The first-order valence-corrected chi connectivity index (χ1v) is 16.8. The molecular weight excluding hydrogens is 592 g/mol. The van der Waals surface area contributed by atoms with E-state index in [1.165, 1.54) is 32.3 Å². The topological polar surface area (TPSA) is 68.3 Å². The van der Waals surface area contributed by atoms with Crippen molar-refractivity contribution in [1.29, 1.82) is 0 Å². The Kier molecular flexibility index (Phi) is 6.62. The molecule has 4 nitrogen and oxygen atoms in total. The standard InChI is InChI=1S/C44H32O4/c45-27-19-25(20-28(46)23-27)31-7-1-3-9-33(31)35-15-17-41-42-18-16-36(34-10-4-2-8-32(34)26-21-29(47)24-30(48)22-26)38-12-6-14-40(44(38)42)39-13-5-11-37(35)43(39)41/h1-18,25-26H,19-24H2. The molecule has 0 heterocycles. The molecule has 0 aliphatic heterocycles. The van der Waals surface area contributed by atoms with E-state index in [1.54, 1.807) is 0 Å². The summed E-state index contributed by atoms with van der Waals surface area (Å²) in [6.07, 6.45) is 1.71. The number of carbonyl (C=O) groups excluding carboxylic acids is 4. The molecule has 7 aromatic rings. The fourth-order valence-corrected chi connectivity index (χ4v) is 8.79. The molecule has 0 amide bonds. The van der Waals surface area contributed by atoms with Crippen LogP contribution in [0.3, 0.4) is 0 Å². The quantitative estimate of drug-likeness (QED) is 0.111. The van der Waals surface area contributed by atoms with Gasteiger partial charge in [0.05, 0.1) is 12.8 Å². The first-order valence-electron chi connectivity index (χ1n) is 16.8. The molecule has 0 aromatic heterocycles. The Balaban J connectivity index is 1.26. The van der Waals surface area contributed by atoms with Crippen LogP contribution in [0.25, 0.3) is 65.3 Å². The first kappa shape index (κ1) is 28.7. The maximum absolute atomic E-state index is 12.5. The van der Waals surface area contributed by atoms with Gasteiger partial charge in [0.1, 0.15) is 23.1 Å². The molecule has 2 fully saturated rings. The van der Waals surface area contributed by atoms with Gasteiger partial charge in [0.2, 0.25) is 0 Å². The Morgan fingerprint density at radius 2 is 0.688 bits per heavy atom. The van der Waals surface area contributed by atoms with E-state index in [0.717, 1.165) is 44.2 Å². The molecule has 0 radical (unpaired) electrons. The van der Waals surface area contributed by atoms with Gasteiger partial charge in [-0.25, -0.2) is 0 Å². The minimum Gasteiger partial charge on any atom is -0.299 e. The fourth-order valence-electron chi connectivity index (χ4n) is 8.79. The fraction of sp³-hybridized carbons (Fsp3) is 0.182. The monoisotopic (exact) mass is 624 g/mol. The number of ketones is 4. The molecule has 48 heavy (non-hydrogen) atoms. The second-order valence-corrected chi connectivity index (χ2v) is 13.7. The number of Topliss-reactive ketones (excluding diaryl/α,β-unsaturated/α-hetero) is 4. The van der Waals surface area contributed by atoms with Crippen molar-refractivity contribution in [3.8, 4) is 22.3 Å². The SMILES string of the molecule is O=C1CC(=O)CC(c2ccccc2-c2ccc3c4ccc(-c5ccccc5C5CC(=O)CC(=O)C5)c5cccc(c6cccc2c63)c54)C1. The molecule has 7 aromatic carbocycles. The summed E-state index contributed by atoms with van der Waals surface area (Å²) in [5, 5.41) is 9.41. The summed E-state index contributed by atoms with van der Waals surface area (Å²) < 4.78 is 0. The molecule has 0 bridgehead atoms. The van der Waals surface area contributed by atoms with E-state index >= 15 is 0 Å². The van der Waals surface area contributed by atoms with Crippen LogP contribution in [-0.4, -0.2) is 23.1 Å². The third-order valence-electron chi connectivity index (χ3n) is 10.7. The number of rotatable bonds is 4. The van der Waals surface area contributed by atoms with Crippen LogP contribution in [0.15, 0.2) is 109 Å². The molecule has 9 rings (SSSR count). The van der Waals surface area contributed by atoms with Crippen LogP contribution in [0.1, 0.15) is 61.5 Å². The van der Waals surface area contributed by atoms with E-state index in [9.17, 15) is 19.2 Å². The third kappa shape index (κ3) is 4.51. The lowest BCUT2D eigenvalue weighted by molar-refractivity contribution is -0.131. The Labute approximate surface area is 277 Å². The summed E-state index contributed by atoms with van der Waals surface area (Å²) in [7, 11) is 0. The van der Waals surface area contributed by atoms with Crippen molar-refractivity contribution < 1.29 is 19.2 Å². The summed E-state index contributed by atoms with van der Waals surface area (Å²) in [5.41, 5.74) is 6.47. The second-order valence-electron chi connectivity index (χ2n) is 13.7. The Morgan fingerprint density at radius 1 is 0.333 bits per heavy atom. The van der Waals surface area contributed by atoms with E-state index in [4.69, 9.17) is 0 Å². The number of hydrogen-bond acceptors (Lipinski definition) is 4. The van der Waals surface area contributed by atoms with Crippen LogP contribution in [0.2, 0.25) is 0 Å². The molecule has 2 aliphatic rings. The minimum absolute atomic E-state index is 0.0235. The van der Waals surface area contributed by atoms with Crippen LogP contribution in [0.5, 0.6) is 0 Å². The predicted molar refractivity (Wildman–Crippen MR) is 192 cm³/mol. The largest absolute Gasteiger partial charge is 0.299 e. The Hall–Kier alpha value is -5.48. The van der Waals surface area contributed by atoms with Gasteiger partial charge in [0, 0.05) is 25.7 Å². The van der Waals surface area contributed by atoms with Gasteiger partial charge in [-0.15, -0.1) is 0 Å². The van der Waals surface area contributed by atoms with Crippen LogP contribution in [-0.2, 0) is 19.2 Å². The lowest BCUT2D eigenvalue weighted by atomic mass is 9.78. The number of benzene rings is 7. The van der Waals surface area contributed by atoms with E-state index in [0.29, 0.717) is 25.7 Å². The number of hydrogen-bond donors (Lipinski definition) is 0. The number of carbonyl (C=O) groups is 4. The van der Waals surface area contributed by atoms with Gasteiger partial charge in [-0.1, -0.05) is 109 Å². The van der Waals surface area contributed by atoms with Crippen molar-refractivity contribution in [3.05, 3.63) is 120 Å². The predicted octanol–water partition coefficient (Wildman–Crippen LogP) is 9.88. The highest BCUT2D eigenvalue weighted by molar-refractivity contribution is 6.35. The van der Waals surface area contributed by atoms with Crippen molar-refractivity contribution in [3.63, 3.8) is 0 Å². The first-order chi connectivity index (χ1) is 23.4. The summed E-state index contributed by atoms with van der Waals surface area (Å²) in [4.78, 5) is 49.8. The van der Waals surface area contributed by atoms with Gasteiger partial charge in [-0.2, -0.15) is 0 Å². The zero-order valence-corrected chi connectivity index (χ0v) is 26.4. The average molecular weight is 625 g/mol. The second kappa shape index (κ2) is 11.1. The summed E-state index contributed by atoms with van der Waals surface area (Å²) >= 11 is 0. The number of fused-ring (bicyclic) bond motifs is 2. The van der Waals surface area contributed by atoms with Crippen LogP contribution in [0, 0.1) is 0 Å². The Bertz CT molecular complexity index is 2280. The molecule has 232 valence electrons. The van der Waals surface area contributed by atoms with E-state index in [-0.39, 0.29) is 47.8 Å². The van der Waals surface area contributed by atoms with Crippen LogP contribution in [0.4, 0.5) is 0 Å². The van der Waals surface area contributed by atoms with Crippen molar-refractivity contribution in [2.75, 3.05) is 0 Å². The molecule has 2 aliphatic carbocycles. The van der Waals surface area contributed by atoms with Crippen LogP contribution >= 0.6 is 0 Å². The third-order valence-corrected chi connectivity index (χ3v) is 10.7. The summed E-state index contributed by atoms with van der Waals surface area (Å²) in [6, 6.07) is 38.4. The maximum Gasteiger partial charge on any atom is 0.140 e. The van der Waals surface area contributed by atoms with E-state index in [2.05, 4.69) is 84.9 Å². The van der Waals surface area contributed by atoms with Crippen LogP contribution < -0.4 is 0 Å². The van der Waals surface area contributed by atoms with E-state index in [1.807, 2.05) is 24.3 Å². The minimum atomic E-state index is -0.110. The van der Waals surface area contributed by atoms with Gasteiger partial charge in [-0.05, 0) is 88.3 Å². The maximum atomic E-state index is 12.5. The lowest BCUT2D eigenvalue weighted by Gasteiger charge is -2.25. The molecule has 0 unspecified atom stereocenters. The highest BCUT2D eigenvalue weighted by atomic mass is 16.2. The van der Waals surface area contributed by atoms with Crippen molar-refractivity contribution >= 4 is 66.2 Å². The summed E-state index contributed by atoms with van der Waals surface area (Å²) in [6.45, 7) is 0. The average Bonchev–Trinajstić information content (AvgIpc) is 3.09. The van der Waals surface area contributed by atoms with Gasteiger partial charge >= 0.3 is 0 Å². The zero-order valence-electron chi connectivity index (χ0n) is 26.4. The highest BCUT2D eigenvalue weighted by Gasteiger charge is 2.30. The molecule has 0 saturated heterocycles. The van der Waals surface area contributed by atoms with E-state index < -0.39 is 0 Å². The van der Waals surface area contributed by atoms with Gasteiger partial charge < -0.3 is 0 Å². The Morgan fingerprint density at radius 3 is 1.10 bits per heavy atom. The molecule has 4 heteroatoms. The lowest BCUT2D eigenvalue weighted by Crippen LogP contribution is -2.21. The molecule has 0 spiro atoms. The van der Waals surface area contributed by atoms with Gasteiger partial charge in [0.25, 0.3) is 0 Å². The van der Waals surface area contributed by atoms with Crippen molar-refractivity contribution in [2.24, 2.45) is 0 Å². The molecule has 2 saturated carbocycles. The molecule has 0 N–H and O–H groups in total. The highest BCUT2D eigenvalue weighted by Crippen LogP contribution is 2.47. The van der Waals surface area contributed by atoms with Gasteiger partial charge in [-0.3, -0.25) is 19.2 Å². The zero-order chi connectivity index (χ0) is 32.5. The van der Waals surface area contributed by atoms with Crippen molar-refractivity contribution in [2.45, 2.75) is 50.4 Å². The normalized spacial score (nSPS) is 16.7. The molecular formula is C44H32O4. The van der Waals surface area contributed by atoms with Gasteiger partial charge in [0.15, 0.2) is 0 Å². The summed E-state index contributed by atoms with van der Waals surface area (Å²) in [5.74, 6) is -0.126.